The van der Waals surface area contributed by atoms with Gasteiger partial charge in [-0.05, 0) is 12.1 Å². The molecule has 1 fully saturated rings. The van der Waals surface area contributed by atoms with Crippen LogP contribution >= 0.6 is 0 Å². The third-order valence-corrected chi connectivity index (χ3v) is 4.23. The fourth-order valence-corrected chi connectivity index (χ4v) is 2.99. The van der Waals surface area contributed by atoms with Crippen molar-refractivity contribution in [2.75, 3.05) is 31.1 Å². The predicted octanol–water partition coefficient (Wildman–Crippen LogP) is 2.86. The number of amides is 1. The highest BCUT2D eigenvalue weighted by molar-refractivity contribution is 5.96. The Balaban J connectivity index is 1.46. The van der Waals surface area contributed by atoms with Gasteiger partial charge in [0.1, 0.15) is 11.5 Å². The maximum atomic E-state index is 13.8. The zero-order valence-electron chi connectivity index (χ0n) is 12.5. The van der Waals surface area contributed by atoms with Gasteiger partial charge in [-0.3, -0.25) is 4.79 Å². The molecule has 1 N–H and O–H groups in total. The van der Waals surface area contributed by atoms with Crippen molar-refractivity contribution in [2.45, 2.75) is 0 Å². The van der Waals surface area contributed by atoms with Crippen molar-refractivity contribution < 1.29 is 13.6 Å². The first kappa shape index (κ1) is 13.9. The predicted molar refractivity (Wildman–Crippen MR) is 85.1 cm³/mol. The Bertz CT molecular complexity index is 818. The molecule has 23 heavy (non-hydrogen) atoms. The lowest BCUT2D eigenvalue weighted by Gasteiger charge is -2.36. The van der Waals surface area contributed by atoms with E-state index in [0.717, 1.165) is 5.52 Å². The van der Waals surface area contributed by atoms with Crippen molar-refractivity contribution in [1.29, 1.82) is 0 Å². The molecule has 0 aliphatic carbocycles. The molecular weight excluding hydrogens is 297 g/mol. The Morgan fingerprint density at radius 2 is 1.91 bits per heavy atom. The van der Waals surface area contributed by atoms with E-state index in [1.54, 1.807) is 35.4 Å². The summed E-state index contributed by atoms with van der Waals surface area (Å²) in [5.74, 6) is -0.276. The van der Waals surface area contributed by atoms with Gasteiger partial charge in [-0.2, -0.15) is 0 Å². The van der Waals surface area contributed by atoms with Gasteiger partial charge in [0.05, 0.1) is 17.5 Å². The highest BCUT2D eigenvalue weighted by Crippen LogP contribution is 2.22. The Labute approximate surface area is 132 Å². The number of hydrogen-bond acceptors (Lipinski definition) is 3. The van der Waals surface area contributed by atoms with Crippen molar-refractivity contribution in [3.05, 3.63) is 54.2 Å². The van der Waals surface area contributed by atoms with Crippen LogP contribution in [-0.4, -0.2) is 42.0 Å². The average molecular weight is 313 g/mol. The summed E-state index contributed by atoms with van der Waals surface area (Å²) >= 11 is 0. The van der Waals surface area contributed by atoms with Crippen LogP contribution in [0.1, 0.15) is 10.5 Å². The Hall–Kier alpha value is -2.76. The minimum Gasteiger partial charge on any atom is -0.463 e. The molecule has 1 saturated heterocycles. The first-order valence-electron chi connectivity index (χ1n) is 7.57. The van der Waals surface area contributed by atoms with Gasteiger partial charge in [0.15, 0.2) is 5.58 Å². The van der Waals surface area contributed by atoms with E-state index < -0.39 is 0 Å². The summed E-state index contributed by atoms with van der Waals surface area (Å²) in [6.45, 7) is 2.36. The Morgan fingerprint density at radius 1 is 1.13 bits per heavy atom. The van der Waals surface area contributed by atoms with Gasteiger partial charge in [-0.1, -0.05) is 12.1 Å². The molecule has 5 nitrogen and oxygen atoms in total. The zero-order valence-corrected chi connectivity index (χ0v) is 12.5. The number of fused-ring (bicyclic) bond motifs is 1. The number of carbonyl (C=O) groups excluding carboxylic acids is 1. The molecule has 3 heterocycles. The van der Waals surface area contributed by atoms with Crippen LogP contribution in [0.5, 0.6) is 0 Å². The van der Waals surface area contributed by atoms with Crippen molar-refractivity contribution in [3.63, 3.8) is 0 Å². The highest BCUT2D eigenvalue weighted by Gasteiger charge is 2.24. The lowest BCUT2D eigenvalue weighted by Crippen LogP contribution is -2.49. The topological polar surface area (TPSA) is 52.5 Å². The number of anilines is 1. The molecule has 3 aromatic rings. The summed E-state index contributed by atoms with van der Waals surface area (Å²) in [6, 6.07) is 10.2. The van der Waals surface area contributed by atoms with Gasteiger partial charge in [0, 0.05) is 38.3 Å². The van der Waals surface area contributed by atoms with E-state index in [9.17, 15) is 9.18 Å². The number of hydrogen-bond donors (Lipinski definition) is 1. The number of nitrogens with zero attached hydrogens (tertiary/aromatic N) is 2. The second-order valence-corrected chi connectivity index (χ2v) is 5.61. The third kappa shape index (κ3) is 2.46. The summed E-state index contributed by atoms with van der Waals surface area (Å²) in [5.41, 5.74) is 2.62. The Kier molecular flexibility index (Phi) is 3.29. The molecule has 1 aliphatic rings. The SMILES string of the molecule is O=C(c1cc2occc2[nH]1)N1CCN(c2ccccc2F)CC1. The van der Waals surface area contributed by atoms with E-state index >= 15 is 0 Å². The van der Waals surface area contributed by atoms with Crippen LogP contribution in [0.2, 0.25) is 0 Å². The van der Waals surface area contributed by atoms with E-state index in [1.807, 2.05) is 11.0 Å². The number of nitrogens with one attached hydrogen (secondary N) is 1. The molecule has 1 amide bonds. The number of rotatable bonds is 2. The number of benzene rings is 1. The van der Waals surface area contributed by atoms with Crippen molar-refractivity contribution >= 4 is 22.7 Å². The van der Waals surface area contributed by atoms with Gasteiger partial charge in [0.25, 0.3) is 5.91 Å². The number of furan rings is 1. The molecular formula is C17H16FN3O2. The number of para-hydroxylation sites is 1. The molecule has 0 bridgehead atoms. The second kappa shape index (κ2) is 5.46. The van der Waals surface area contributed by atoms with Gasteiger partial charge in [0.2, 0.25) is 0 Å². The summed E-state index contributed by atoms with van der Waals surface area (Å²) in [5, 5.41) is 0. The molecule has 0 saturated carbocycles. The minimum absolute atomic E-state index is 0.0513. The van der Waals surface area contributed by atoms with E-state index in [-0.39, 0.29) is 11.7 Å². The minimum atomic E-state index is -0.225. The van der Waals surface area contributed by atoms with E-state index in [0.29, 0.717) is 43.1 Å². The average Bonchev–Trinajstić information content (AvgIpc) is 3.16. The molecule has 118 valence electrons. The molecule has 0 radical (unpaired) electrons. The molecule has 0 unspecified atom stereocenters. The molecule has 0 atom stereocenters. The van der Waals surface area contributed by atoms with Gasteiger partial charge in [-0.25, -0.2) is 4.39 Å². The van der Waals surface area contributed by atoms with E-state index in [2.05, 4.69) is 4.98 Å². The molecule has 0 spiro atoms. The highest BCUT2D eigenvalue weighted by atomic mass is 19.1. The van der Waals surface area contributed by atoms with Gasteiger partial charge < -0.3 is 19.2 Å². The summed E-state index contributed by atoms with van der Waals surface area (Å²) < 4.78 is 19.1. The number of piperazine rings is 1. The number of carbonyl (C=O) groups is 1. The first-order chi connectivity index (χ1) is 11.2. The molecule has 1 aromatic carbocycles. The van der Waals surface area contributed by atoms with Crippen LogP contribution in [0.15, 0.2) is 47.1 Å². The normalized spacial score (nSPS) is 15.3. The number of halogens is 1. The van der Waals surface area contributed by atoms with Crippen molar-refractivity contribution in [2.24, 2.45) is 0 Å². The Morgan fingerprint density at radius 3 is 2.65 bits per heavy atom. The quantitative estimate of drug-likeness (QED) is 0.791. The van der Waals surface area contributed by atoms with Crippen LogP contribution < -0.4 is 4.90 Å². The van der Waals surface area contributed by atoms with Crippen LogP contribution in [0.4, 0.5) is 10.1 Å². The van der Waals surface area contributed by atoms with Gasteiger partial charge in [-0.15, -0.1) is 0 Å². The summed E-state index contributed by atoms with van der Waals surface area (Å²) in [4.78, 5) is 19.4. The summed E-state index contributed by atoms with van der Waals surface area (Å²) in [7, 11) is 0. The maximum Gasteiger partial charge on any atom is 0.270 e. The molecule has 6 heteroatoms. The van der Waals surface area contributed by atoms with Crippen LogP contribution in [0.25, 0.3) is 11.1 Å². The molecule has 4 rings (SSSR count). The maximum absolute atomic E-state index is 13.8. The van der Waals surface area contributed by atoms with Crippen molar-refractivity contribution in [1.82, 2.24) is 9.88 Å². The van der Waals surface area contributed by atoms with Crippen LogP contribution in [0, 0.1) is 5.82 Å². The largest absolute Gasteiger partial charge is 0.463 e. The fraction of sp³-hybridized carbons (Fsp3) is 0.235. The van der Waals surface area contributed by atoms with E-state index in [4.69, 9.17) is 4.42 Å². The standard InChI is InChI=1S/C17H16FN3O2/c18-12-3-1-2-4-15(12)20-6-8-21(9-7-20)17(22)14-11-16-13(19-14)5-10-23-16/h1-5,10-11,19H,6-9H2. The van der Waals surface area contributed by atoms with Gasteiger partial charge >= 0.3 is 0 Å². The van der Waals surface area contributed by atoms with E-state index in [1.165, 1.54) is 6.07 Å². The van der Waals surface area contributed by atoms with Crippen LogP contribution in [0.3, 0.4) is 0 Å². The monoisotopic (exact) mass is 313 g/mol. The molecule has 1 aliphatic heterocycles. The number of aromatic nitrogens is 1. The van der Waals surface area contributed by atoms with Crippen LogP contribution in [-0.2, 0) is 0 Å². The zero-order chi connectivity index (χ0) is 15.8. The number of aromatic amines is 1. The lowest BCUT2D eigenvalue weighted by atomic mass is 10.2. The first-order valence-corrected chi connectivity index (χ1v) is 7.57. The second-order valence-electron chi connectivity index (χ2n) is 5.61. The summed E-state index contributed by atoms with van der Waals surface area (Å²) in [6.07, 6.45) is 1.59. The lowest BCUT2D eigenvalue weighted by molar-refractivity contribution is 0.0741. The number of H-pyrrole nitrogens is 1. The molecule has 2 aromatic heterocycles. The third-order valence-electron chi connectivity index (χ3n) is 4.23. The fourth-order valence-electron chi connectivity index (χ4n) is 2.99. The smallest absolute Gasteiger partial charge is 0.270 e. The van der Waals surface area contributed by atoms with Crippen molar-refractivity contribution in [3.8, 4) is 0 Å².